The summed E-state index contributed by atoms with van der Waals surface area (Å²) in [7, 11) is 0. The van der Waals surface area contributed by atoms with E-state index in [1.165, 1.54) is 31.4 Å². The molecule has 3 N–H and O–H groups in total. The molecular weight excluding hydrogens is 246 g/mol. The summed E-state index contributed by atoms with van der Waals surface area (Å²) in [6, 6.07) is 6.56. The van der Waals surface area contributed by atoms with Crippen LogP contribution in [0.5, 0.6) is 0 Å². The summed E-state index contributed by atoms with van der Waals surface area (Å²) >= 11 is 6.20. The Morgan fingerprint density at radius 2 is 2.06 bits per heavy atom. The van der Waals surface area contributed by atoms with Gasteiger partial charge in [0.25, 0.3) is 0 Å². The molecule has 2 fully saturated rings. The summed E-state index contributed by atoms with van der Waals surface area (Å²) < 4.78 is 0. The van der Waals surface area contributed by atoms with Crippen LogP contribution in [-0.2, 0) is 0 Å². The number of hydrogen-bond acceptors (Lipinski definition) is 2. The zero-order chi connectivity index (χ0) is 12.7. The van der Waals surface area contributed by atoms with Crippen molar-refractivity contribution in [1.82, 2.24) is 0 Å². The Bertz CT molecular complexity index is 478. The van der Waals surface area contributed by atoms with Crippen LogP contribution in [0.1, 0.15) is 31.2 Å². The molecule has 0 atom stereocenters. The molecule has 2 saturated carbocycles. The van der Waals surface area contributed by atoms with Gasteiger partial charge in [-0.05, 0) is 49.8 Å². The smallest absolute Gasteiger partial charge is 0.124 e. The van der Waals surface area contributed by atoms with Crippen LogP contribution in [0.15, 0.2) is 18.2 Å². The third-order valence-electron chi connectivity index (χ3n) is 3.71. The Morgan fingerprint density at radius 1 is 1.33 bits per heavy atom. The maximum absolute atomic E-state index is 7.45. The van der Waals surface area contributed by atoms with Crippen molar-refractivity contribution >= 4 is 23.1 Å². The van der Waals surface area contributed by atoms with Crippen molar-refractivity contribution in [1.29, 1.82) is 5.41 Å². The van der Waals surface area contributed by atoms with Crippen LogP contribution in [0.25, 0.3) is 0 Å². The van der Waals surface area contributed by atoms with E-state index in [2.05, 4.69) is 4.90 Å². The normalized spacial score (nSPS) is 18.7. The predicted octanol–water partition coefficient (Wildman–Crippen LogP) is 3.00. The third kappa shape index (κ3) is 2.46. The molecule has 3 nitrogen and oxygen atoms in total. The largest absolute Gasteiger partial charge is 0.384 e. The highest BCUT2D eigenvalue weighted by atomic mass is 35.5. The Balaban J connectivity index is 1.84. The van der Waals surface area contributed by atoms with Crippen LogP contribution in [0.3, 0.4) is 0 Å². The summed E-state index contributed by atoms with van der Waals surface area (Å²) in [4.78, 5) is 2.48. The molecule has 0 spiro atoms. The number of nitrogen functional groups attached to an aromatic ring is 1. The SMILES string of the molecule is N=C(N)c1ccc(N(CC2CC2)C2CC2)cc1Cl. The molecule has 0 bridgehead atoms. The molecule has 1 aromatic carbocycles. The number of anilines is 1. The Labute approximate surface area is 112 Å². The molecule has 2 aliphatic rings. The molecule has 0 heterocycles. The molecule has 4 heteroatoms. The van der Waals surface area contributed by atoms with Gasteiger partial charge in [0.1, 0.15) is 5.84 Å². The topological polar surface area (TPSA) is 53.1 Å². The minimum absolute atomic E-state index is 0.0340. The lowest BCUT2D eigenvalue weighted by Gasteiger charge is -2.25. The monoisotopic (exact) mass is 263 g/mol. The molecule has 1 aromatic rings. The molecular formula is C14H18ClN3. The second-order valence-electron chi connectivity index (χ2n) is 5.40. The van der Waals surface area contributed by atoms with E-state index >= 15 is 0 Å². The average molecular weight is 264 g/mol. The van der Waals surface area contributed by atoms with Crippen molar-refractivity contribution in [3.8, 4) is 0 Å². The highest BCUT2D eigenvalue weighted by Gasteiger charge is 2.33. The van der Waals surface area contributed by atoms with Gasteiger partial charge in [0, 0.05) is 23.8 Å². The lowest BCUT2D eigenvalue weighted by molar-refractivity contribution is 0.719. The van der Waals surface area contributed by atoms with Crippen LogP contribution in [0.2, 0.25) is 5.02 Å². The fourth-order valence-corrected chi connectivity index (χ4v) is 2.61. The fraction of sp³-hybridized carbons (Fsp3) is 0.500. The lowest BCUT2D eigenvalue weighted by Crippen LogP contribution is -2.28. The molecule has 0 amide bonds. The van der Waals surface area contributed by atoms with Gasteiger partial charge in [0.05, 0.1) is 5.02 Å². The van der Waals surface area contributed by atoms with Crippen LogP contribution in [-0.4, -0.2) is 18.4 Å². The number of benzene rings is 1. The first-order valence-electron chi connectivity index (χ1n) is 6.55. The quantitative estimate of drug-likeness (QED) is 0.634. The molecule has 18 heavy (non-hydrogen) atoms. The lowest BCUT2D eigenvalue weighted by atomic mass is 10.1. The molecule has 0 aromatic heterocycles. The number of rotatable bonds is 5. The standard InChI is InChI=1S/C14H18ClN3/c15-13-7-11(5-6-12(13)14(16)17)18(10-3-4-10)8-9-1-2-9/h5-7,9-10H,1-4,8H2,(H3,16,17). The molecule has 0 saturated heterocycles. The van der Waals surface area contributed by atoms with Gasteiger partial charge in [-0.25, -0.2) is 0 Å². The van der Waals surface area contributed by atoms with E-state index in [0.29, 0.717) is 16.6 Å². The molecule has 3 rings (SSSR count). The van der Waals surface area contributed by atoms with Crippen LogP contribution in [0, 0.1) is 11.3 Å². The van der Waals surface area contributed by atoms with Crippen LogP contribution in [0.4, 0.5) is 5.69 Å². The van der Waals surface area contributed by atoms with Crippen molar-refractivity contribution in [2.45, 2.75) is 31.7 Å². The Kier molecular flexibility index (Phi) is 2.94. The maximum atomic E-state index is 7.45. The van der Waals surface area contributed by atoms with Gasteiger partial charge in [0.2, 0.25) is 0 Å². The van der Waals surface area contributed by atoms with Gasteiger partial charge in [-0.15, -0.1) is 0 Å². The van der Waals surface area contributed by atoms with Crippen molar-refractivity contribution in [2.75, 3.05) is 11.4 Å². The minimum atomic E-state index is 0.0340. The first-order chi connectivity index (χ1) is 8.65. The summed E-state index contributed by atoms with van der Waals surface area (Å²) in [5, 5.41) is 8.04. The maximum Gasteiger partial charge on any atom is 0.124 e. The van der Waals surface area contributed by atoms with Gasteiger partial charge in [-0.1, -0.05) is 11.6 Å². The second kappa shape index (κ2) is 4.47. The summed E-state index contributed by atoms with van der Waals surface area (Å²) in [5.74, 6) is 0.906. The van der Waals surface area contributed by atoms with Crippen LogP contribution < -0.4 is 10.6 Å². The number of hydrogen-bond donors (Lipinski definition) is 2. The average Bonchev–Trinajstić information content (AvgIpc) is 3.18. The third-order valence-corrected chi connectivity index (χ3v) is 4.03. The summed E-state index contributed by atoms with van der Waals surface area (Å²) in [6.45, 7) is 1.15. The fourth-order valence-electron chi connectivity index (χ4n) is 2.33. The second-order valence-corrected chi connectivity index (χ2v) is 5.81. The van der Waals surface area contributed by atoms with Gasteiger partial charge in [0.15, 0.2) is 0 Å². The molecule has 0 unspecified atom stereocenters. The van der Waals surface area contributed by atoms with E-state index in [4.69, 9.17) is 22.7 Å². The van der Waals surface area contributed by atoms with Gasteiger partial charge in [-0.3, -0.25) is 5.41 Å². The van der Waals surface area contributed by atoms with Crippen molar-refractivity contribution in [3.05, 3.63) is 28.8 Å². The molecule has 96 valence electrons. The van der Waals surface area contributed by atoms with Crippen molar-refractivity contribution in [2.24, 2.45) is 11.7 Å². The van der Waals surface area contributed by atoms with Gasteiger partial charge >= 0.3 is 0 Å². The van der Waals surface area contributed by atoms with E-state index in [1.54, 1.807) is 0 Å². The number of nitrogens with one attached hydrogen (secondary N) is 1. The van der Waals surface area contributed by atoms with E-state index in [1.807, 2.05) is 18.2 Å². The van der Waals surface area contributed by atoms with Crippen LogP contribution >= 0.6 is 11.6 Å². The highest BCUT2D eigenvalue weighted by Crippen LogP contribution is 2.38. The first kappa shape index (κ1) is 11.8. The number of amidine groups is 1. The first-order valence-corrected chi connectivity index (χ1v) is 6.93. The number of nitrogens with zero attached hydrogens (tertiary/aromatic N) is 1. The molecule has 2 aliphatic carbocycles. The Hall–Kier alpha value is -1.22. The molecule has 0 radical (unpaired) electrons. The summed E-state index contributed by atoms with van der Waals surface area (Å²) in [5.41, 5.74) is 7.30. The number of halogens is 1. The van der Waals surface area contributed by atoms with Gasteiger partial charge in [-0.2, -0.15) is 0 Å². The number of nitrogens with two attached hydrogens (primary N) is 1. The van der Waals surface area contributed by atoms with E-state index in [9.17, 15) is 0 Å². The van der Waals surface area contributed by atoms with Crippen molar-refractivity contribution < 1.29 is 0 Å². The van der Waals surface area contributed by atoms with Crippen molar-refractivity contribution in [3.63, 3.8) is 0 Å². The van der Waals surface area contributed by atoms with E-state index in [0.717, 1.165) is 12.5 Å². The zero-order valence-corrected chi connectivity index (χ0v) is 11.1. The molecule has 0 aliphatic heterocycles. The Morgan fingerprint density at radius 3 is 2.56 bits per heavy atom. The van der Waals surface area contributed by atoms with E-state index in [-0.39, 0.29) is 5.84 Å². The predicted molar refractivity (Wildman–Crippen MR) is 75.6 cm³/mol. The summed E-state index contributed by atoms with van der Waals surface area (Å²) in [6.07, 6.45) is 5.31. The van der Waals surface area contributed by atoms with Gasteiger partial charge < -0.3 is 10.6 Å². The highest BCUT2D eigenvalue weighted by molar-refractivity contribution is 6.34. The zero-order valence-electron chi connectivity index (χ0n) is 10.3. The van der Waals surface area contributed by atoms with E-state index < -0.39 is 0 Å². The minimum Gasteiger partial charge on any atom is -0.384 e.